The van der Waals surface area contributed by atoms with Crippen molar-refractivity contribution < 1.29 is 4.79 Å². The number of nitrogens with zero attached hydrogens (tertiary/aromatic N) is 2. The van der Waals surface area contributed by atoms with Gasteiger partial charge in [-0.15, -0.1) is 0 Å². The molecular formula is C18H16ClN3OS. The van der Waals surface area contributed by atoms with Crippen LogP contribution < -0.4 is 5.32 Å². The van der Waals surface area contributed by atoms with Crippen LogP contribution in [-0.4, -0.2) is 21.6 Å². The first-order valence-corrected chi connectivity index (χ1v) is 8.85. The van der Waals surface area contributed by atoms with Crippen molar-refractivity contribution in [2.75, 3.05) is 5.75 Å². The molecular weight excluding hydrogens is 342 g/mol. The Hall–Kier alpha value is -2.11. The molecule has 0 radical (unpaired) electrons. The molecule has 0 aliphatic carbocycles. The van der Waals surface area contributed by atoms with E-state index >= 15 is 0 Å². The lowest BCUT2D eigenvalue weighted by Crippen LogP contribution is -2.24. The summed E-state index contributed by atoms with van der Waals surface area (Å²) in [5.41, 5.74) is 1.87. The molecule has 1 heterocycles. The fourth-order valence-corrected chi connectivity index (χ4v) is 3.41. The van der Waals surface area contributed by atoms with Gasteiger partial charge < -0.3 is 5.32 Å². The summed E-state index contributed by atoms with van der Waals surface area (Å²) in [5, 5.41) is 5.36. The van der Waals surface area contributed by atoms with Crippen molar-refractivity contribution in [1.82, 2.24) is 15.3 Å². The highest BCUT2D eigenvalue weighted by Crippen LogP contribution is 2.24. The minimum Gasteiger partial charge on any atom is -0.351 e. The summed E-state index contributed by atoms with van der Waals surface area (Å²) in [6.07, 6.45) is 0. The molecule has 0 spiro atoms. The highest BCUT2D eigenvalue weighted by molar-refractivity contribution is 8.00. The van der Waals surface area contributed by atoms with E-state index in [4.69, 9.17) is 11.6 Å². The number of rotatable bonds is 5. The number of halogens is 1. The van der Waals surface area contributed by atoms with Gasteiger partial charge >= 0.3 is 0 Å². The Bertz CT molecular complexity index is 885. The molecule has 0 saturated heterocycles. The largest absolute Gasteiger partial charge is 0.351 e. The molecule has 1 aromatic heterocycles. The predicted molar refractivity (Wildman–Crippen MR) is 98.3 cm³/mol. The Morgan fingerprint density at radius 2 is 2.00 bits per heavy atom. The Labute approximate surface area is 149 Å². The smallest absolute Gasteiger partial charge is 0.230 e. The van der Waals surface area contributed by atoms with Gasteiger partial charge in [0.05, 0.1) is 11.3 Å². The second kappa shape index (κ2) is 7.64. The molecule has 0 saturated carbocycles. The summed E-state index contributed by atoms with van der Waals surface area (Å²) in [7, 11) is 0. The molecule has 6 heteroatoms. The number of aromatic nitrogens is 2. The van der Waals surface area contributed by atoms with Crippen molar-refractivity contribution in [3.05, 3.63) is 64.9 Å². The molecule has 0 aliphatic rings. The van der Waals surface area contributed by atoms with E-state index in [-0.39, 0.29) is 5.91 Å². The number of carbonyl (C=O) groups excluding carboxylic acids is 1. The van der Waals surface area contributed by atoms with Crippen LogP contribution >= 0.6 is 23.4 Å². The summed E-state index contributed by atoms with van der Waals surface area (Å²) in [6, 6.07) is 15.3. The lowest BCUT2D eigenvalue weighted by molar-refractivity contribution is -0.118. The molecule has 0 bridgehead atoms. The third-order valence-electron chi connectivity index (χ3n) is 3.40. The van der Waals surface area contributed by atoms with E-state index in [0.717, 1.165) is 21.5 Å². The molecule has 122 valence electrons. The molecule has 1 N–H and O–H groups in total. The van der Waals surface area contributed by atoms with Gasteiger partial charge in [0.25, 0.3) is 0 Å². The zero-order valence-electron chi connectivity index (χ0n) is 13.1. The van der Waals surface area contributed by atoms with Crippen molar-refractivity contribution in [2.24, 2.45) is 0 Å². The second-order valence-electron chi connectivity index (χ2n) is 5.29. The number of thioether (sulfide) groups is 1. The quantitative estimate of drug-likeness (QED) is 0.554. The number of para-hydroxylation sites is 1. The number of nitrogens with one attached hydrogen (secondary N) is 1. The van der Waals surface area contributed by atoms with Crippen LogP contribution in [0.1, 0.15) is 11.4 Å². The van der Waals surface area contributed by atoms with Crippen LogP contribution in [0.2, 0.25) is 5.02 Å². The minimum absolute atomic E-state index is 0.0414. The van der Waals surface area contributed by atoms with Gasteiger partial charge in [0.1, 0.15) is 10.9 Å². The third-order valence-corrected chi connectivity index (χ3v) is 4.63. The highest BCUT2D eigenvalue weighted by atomic mass is 35.5. The number of fused-ring (bicyclic) bond motifs is 1. The Balaban J connectivity index is 1.62. The number of hydrogen-bond donors (Lipinski definition) is 1. The average molecular weight is 358 g/mol. The third kappa shape index (κ3) is 4.24. The van der Waals surface area contributed by atoms with Crippen LogP contribution in [0.15, 0.2) is 53.6 Å². The summed E-state index contributed by atoms with van der Waals surface area (Å²) in [4.78, 5) is 21.0. The van der Waals surface area contributed by atoms with E-state index in [1.165, 1.54) is 11.8 Å². The Morgan fingerprint density at radius 1 is 1.17 bits per heavy atom. The number of benzene rings is 2. The molecule has 3 rings (SSSR count). The zero-order valence-corrected chi connectivity index (χ0v) is 14.7. The van der Waals surface area contributed by atoms with Gasteiger partial charge in [-0.3, -0.25) is 4.79 Å². The van der Waals surface area contributed by atoms with Crippen molar-refractivity contribution in [2.45, 2.75) is 18.5 Å². The van der Waals surface area contributed by atoms with Crippen LogP contribution in [0.5, 0.6) is 0 Å². The van der Waals surface area contributed by atoms with Crippen molar-refractivity contribution >= 4 is 40.2 Å². The minimum atomic E-state index is -0.0414. The van der Waals surface area contributed by atoms with E-state index in [0.29, 0.717) is 23.1 Å². The molecule has 0 fully saturated rings. The summed E-state index contributed by atoms with van der Waals surface area (Å²) < 4.78 is 0. The van der Waals surface area contributed by atoms with E-state index in [1.807, 2.05) is 55.5 Å². The Kier molecular flexibility index (Phi) is 5.33. The lowest BCUT2D eigenvalue weighted by atomic mass is 10.2. The first-order chi connectivity index (χ1) is 11.6. The van der Waals surface area contributed by atoms with Gasteiger partial charge in [0.15, 0.2) is 0 Å². The first kappa shape index (κ1) is 16.7. The lowest BCUT2D eigenvalue weighted by Gasteiger charge is -2.08. The zero-order chi connectivity index (χ0) is 16.9. The van der Waals surface area contributed by atoms with Crippen LogP contribution in [0.3, 0.4) is 0 Å². The fraction of sp³-hybridized carbons (Fsp3) is 0.167. The van der Waals surface area contributed by atoms with Gasteiger partial charge in [-0.1, -0.05) is 53.7 Å². The van der Waals surface area contributed by atoms with E-state index in [9.17, 15) is 4.79 Å². The number of amides is 1. The van der Waals surface area contributed by atoms with Crippen molar-refractivity contribution in [1.29, 1.82) is 0 Å². The fourth-order valence-electron chi connectivity index (χ4n) is 2.30. The van der Waals surface area contributed by atoms with Gasteiger partial charge in [-0.2, -0.15) is 0 Å². The maximum absolute atomic E-state index is 12.1. The van der Waals surface area contributed by atoms with Crippen LogP contribution in [-0.2, 0) is 11.3 Å². The van der Waals surface area contributed by atoms with Crippen LogP contribution in [0.4, 0.5) is 0 Å². The van der Waals surface area contributed by atoms with Gasteiger partial charge in [-0.05, 0) is 30.7 Å². The van der Waals surface area contributed by atoms with E-state index in [1.54, 1.807) is 0 Å². The number of carbonyl (C=O) groups is 1. The summed E-state index contributed by atoms with van der Waals surface area (Å²) >= 11 is 7.36. The first-order valence-electron chi connectivity index (χ1n) is 7.49. The number of hydrogen-bond acceptors (Lipinski definition) is 4. The summed E-state index contributed by atoms with van der Waals surface area (Å²) in [6.45, 7) is 2.32. The molecule has 2 aromatic carbocycles. The monoisotopic (exact) mass is 357 g/mol. The van der Waals surface area contributed by atoms with Crippen molar-refractivity contribution in [3.8, 4) is 0 Å². The van der Waals surface area contributed by atoms with Gasteiger partial charge in [0.2, 0.25) is 5.91 Å². The molecule has 1 amide bonds. The second-order valence-corrected chi connectivity index (χ2v) is 6.69. The number of aryl methyl sites for hydroxylation is 1. The average Bonchev–Trinajstić information content (AvgIpc) is 2.57. The molecule has 24 heavy (non-hydrogen) atoms. The van der Waals surface area contributed by atoms with Crippen LogP contribution in [0, 0.1) is 6.92 Å². The van der Waals surface area contributed by atoms with E-state index in [2.05, 4.69) is 15.3 Å². The SMILES string of the molecule is Cc1nc(SCC(=O)NCc2cccc(Cl)c2)c2ccccc2n1. The molecule has 3 aromatic rings. The standard InChI is InChI=1S/C18H16ClN3OS/c1-12-21-16-8-3-2-7-15(16)18(22-12)24-11-17(23)20-10-13-5-4-6-14(19)9-13/h2-9H,10-11H2,1H3,(H,20,23). The highest BCUT2D eigenvalue weighted by Gasteiger charge is 2.09. The maximum Gasteiger partial charge on any atom is 0.230 e. The molecule has 4 nitrogen and oxygen atoms in total. The van der Waals surface area contributed by atoms with Gasteiger partial charge in [0, 0.05) is 17.0 Å². The summed E-state index contributed by atoms with van der Waals surface area (Å²) in [5.74, 6) is 0.969. The molecule has 0 atom stereocenters. The Morgan fingerprint density at radius 3 is 2.83 bits per heavy atom. The normalized spacial score (nSPS) is 10.8. The van der Waals surface area contributed by atoms with Crippen molar-refractivity contribution in [3.63, 3.8) is 0 Å². The van der Waals surface area contributed by atoms with Crippen LogP contribution in [0.25, 0.3) is 10.9 Å². The molecule has 0 aliphatic heterocycles. The maximum atomic E-state index is 12.1. The topological polar surface area (TPSA) is 54.9 Å². The predicted octanol–water partition coefficient (Wildman–Crippen LogP) is 4.00. The molecule has 0 unspecified atom stereocenters. The van der Waals surface area contributed by atoms with E-state index < -0.39 is 0 Å². The van der Waals surface area contributed by atoms with Gasteiger partial charge in [-0.25, -0.2) is 9.97 Å².